The minimum Gasteiger partial charge on any atom is -0.310 e. The first-order valence-electron chi connectivity index (χ1n) is 11.7. The number of hydrogen-bond donors (Lipinski definition) is 0. The Balaban J connectivity index is 1.54. The maximum absolute atomic E-state index is 2.54. The highest BCUT2D eigenvalue weighted by molar-refractivity contribution is 6.98. The summed E-state index contributed by atoms with van der Waals surface area (Å²) in [5.74, 6) is 0. The highest BCUT2D eigenvalue weighted by Gasteiger charge is 2.38. The van der Waals surface area contributed by atoms with Crippen LogP contribution in [0.4, 0.5) is 0 Å². The Bertz CT molecular complexity index is 1740. The molecule has 0 fully saturated rings. The second-order valence-electron chi connectivity index (χ2n) is 9.34. The van der Waals surface area contributed by atoms with E-state index in [2.05, 4.69) is 114 Å². The van der Waals surface area contributed by atoms with E-state index in [4.69, 9.17) is 0 Å². The van der Waals surface area contributed by atoms with Crippen LogP contribution in [-0.4, -0.2) is 11.3 Å². The highest BCUT2D eigenvalue weighted by atomic mass is 15.0. The molecule has 6 aromatic rings. The zero-order valence-corrected chi connectivity index (χ0v) is 18.1. The molecule has 152 valence electrons. The van der Waals surface area contributed by atoms with E-state index in [0.717, 1.165) is 6.42 Å². The van der Waals surface area contributed by atoms with Gasteiger partial charge in [-0.2, -0.15) is 0 Å². The van der Waals surface area contributed by atoms with Gasteiger partial charge in [0.25, 0.3) is 0 Å². The summed E-state index contributed by atoms with van der Waals surface area (Å²) in [6.45, 7) is 0.301. The molecule has 0 bridgehead atoms. The van der Waals surface area contributed by atoms with Crippen LogP contribution in [-0.2, 0) is 6.42 Å². The van der Waals surface area contributed by atoms with Crippen LogP contribution in [0.1, 0.15) is 11.1 Å². The topological polar surface area (TPSA) is 4.93 Å². The van der Waals surface area contributed by atoms with E-state index in [0.29, 0.717) is 6.71 Å². The van der Waals surface area contributed by atoms with Crippen molar-refractivity contribution in [1.82, 2.24) is 4.57 Å². The summed E-state index contributed by atoms with van der Waals surface area (Å²) in [5, 5.41) is 2.70. The fraction of sp³-hybridized carbons (Fsp3) is 0.0323. The van der Waals surface area contributed by atoms with Crippen LogP contribution in [0.25, 0.3) is 38.6 Å². The minimum atomic E-state index is 0.301. The molecule has 8 rings (SSSR count). The molecule has 0 unspecified atom stereocenters. The van der Waals surface area contributed by atoms with Crippen molar-refractivity contribution in [3.63, 3.8) is 0 Å². The van der Waals surface area contributed by atoms with Crippen LogP contribution in [0.2, 0.25) is 0 Å². The van der Waals surface area contributed by atoms with Gasteiger partial charge in [-0.15, -0.1) is 0 Å². The lowest BCUT2D eigenvalue weighted by molar-refractivity contribution is 1.16. The average molecular weight is 417 g/mol. The van der Waals surface area contributed by atoms with Crippen molar-refractivity contribution in [1.29, 1.82) is 0 Å². The number of nitrogens with zero attached hydrogens (tertiary/aromatic N) is 1. The zero-order valence-electron chi connectivity index (χ0n) is 18.1. The molecule has 0 N–H and O–H groups in total. The van der Waals surface area contributed by atoms with Crippen LogP contribution in [0, 0.1) is 0 Å². The van der Waals surface area contributed by atoms with Gasteiger partial charge in [0.2, 0.25) is 6.71 Å². The summed E-state index contributed by atoms with van der Waals surface area (Å²) < 4.78 is 2.54. The third kappa shape index (κ3) is 2.23. The fourth-order valence-corrected chi connectivity index (χ4v) is 6.31. The van der Waals surface area contributed by atoms with Crippen molar-refractivity contribution in [2.45, 2.75) is 6.42 Å². The minimum absolute atomic E-state index is 0.301. The van der Waals surface area contributed by atoms with Crippen molar-refractivity contribution in [2.75, 3.05) is 0 Å². The first kappa shape index (κ1) is 17.5. The van der Waals surface area contributed by atoms with E-state index in [9.17, 15) is 0 Å². The van der Waals surface area contributed by atoms with Gasteiger partial charge >= 0.3 is 0 Å². The first-order valence-corrected chi connectivity index (χ1v) is 11.7. The number of para-hydroxylation sites is 1. The molecular formula is C31H20BN. The van der Waals surface area contributed by atoms with Crippen molar-refractivity contribution < 1.29 is 0 Å². The number of hydrogen-bond acceptors (Lipinski definition) is 0. The highest BCUT2D eigenvalue weighted by Crippen LogP contribution is 2.37. The predicted octanol–water partition coefficient (Wildman–Crippen LogP) is 5.18. The molecule has 0 spiro atoms. The number of benzene rings is 5. The second-order valence-corrected chi connectivity index (χ2v) is 9.34. The number of rotatable bonds is 1. The van der Waals surface area contributed by atoms with E-state index in [-0.39, 0.29) is 0 Å². The monoisotopic (exact) mass is 417 g/mol. The molecule has 0 radical (unpaired) electrons. The van der Waals surface area contributed by atoms with Crippen LogP contribution in [0.3, 0.4) is 0 Å². The smallest absolute Gasteiger partial charge is 0.247 e. The maximum Gasteiger partial charge on any atom is 0.247 e. The third-order valence-corrected chi connectivity index (χ3v) is 7.69. The van der Waals surface area contributed by atoms with E-state index in [1.807, 2.05) is 0 Å². The normalized spacial score (nSPS) is 13.3. The lowest BCUT2D eigenvalue weighted by atomic mass is 9.32. The summed E-state index contributed by atoms with van der Waals surface area (Å²) in [5.41, 5.74) is 13.8. The molecule has 0 saturated carbocycles. The summed E-state index contributed by atoms with van der Waals surface area (Å²) in [6, 6.07) is 40.5. The molecule has 0 saturated heterocycles. The SMILES string of the molecule is c1ccc(-c2ccc3c4ccc5c6c4n(c3c2)-c2ccccc2B6c2ccccc2C5)cc1. The summed E-state index contributed by atoms with van der Waals surface area (Å²) in [7, 11) is 0. The average Bonchev–Trinajstić information content (AvgIpc) is 3.22. The van der Waals surface area contributed by atoms with Crippen LogP contribution in [0.15, 0.2) is 109 Å². The molecule has 2 aliphatic heterocycles. The quantitative estimate of drug-likeness (QED) is 0.324. The van der Waals surface area contributed by atoms with Crippen molar-refractivity contribution in [2.24, 2.45) is 0 Å². The van der Waals surface area contributed by atoms with E-state index in [1.54, 1.807) is 0 Å². The second kappa shape index (κ2) is 6.27. The Labute approximate surface area is 193 Å². The Hall–Kier alpha value is -4.04. The van der Waals surface area contributed by atoms with Gasteiger partial charge in [-0.1, -0.05) is 103 Å². The van der Waals surface area contributed by atoms with Crippen LogP contribution in [0.5, 0.6) is 0 Å². The van der Waals surface area contributed by atoms with Gasteiger partial charge in [0.15, 0.2) is 0 Å². The Kier molecular flexibility index (Phi) is 3.33. The van der Waals surface area contributed by atoms with Gasteiger partial charge in [-0.05, 0) is 51.7 Å². The Morgan fingerprint density at radius 1 is 0.576 bits per heavy atom. The molecule has 0 atom stereocenters. The lowest BCUT2D eigenvalue weighted by Crippen LogP contribution is -2.60. The molecular weight excluding hydrogens is 397 g/mol. The summed E-state index contributed by atoms with van der Waals surface area (Å²) in [4.78, 5) is 0. The van der Waals surface area contributed by atoms with E-state index in [1.165, 1.54) is 66.1 Å². The van der Waals surface area contributed by atoms with Gasteiger partial charge in [0.05, 0.1) is 5.52 Å². The maximum atomic E-state index is 2.54. The van der Waals surface area contributed by atoms with E-state index < -0.39 is 0 Å². The summed E-state index contributed by atoms with van der Waals surface area (Å²) >= 11 is 0. The van der Waals surface area contributed by atoms with E-state index >= 15 is 0 Å². The molecule has 2 aliphatic rings. The number of fused-ring (bicyclic) bond motifs is 8. The van der Waals surface area contributed by atoms with Crippen LogP contribution >= 0.6 is 0 Å². The Morgan fingerprint density at radius 2 is 1.33 bits per heavy atom. The molecule has 1 aromatic heterocycles. The predicted molar refractivity (Wildman–Crippen MR) is 140 cm³/mol. The molecule has 0 aliphatic carbocycles. The molecule has 1 nitrogen and oxygen atoms in total. The molecule has 3 heterocycles. The fourth-order valence-electron chi connectivity index (χ4n) is 6.31. The number of aromatic nitrogens is 1. The lowest BCUT2D eigenvalue weighted by Gasteiger charge is -2.33. The molecule has 0 amide bonds. The van der Waals surface area contributed by atoms with Crippen molar-refractivity contribution in [3.8, 4) is 16.8 Å². The largest absolute Gasteiger partial charge is 0.310 e. The third-order valence-electron chi connectivity index (χ3n) is 7.69. The molecule has 33 heavy (non-hydrogen) atoms. The Morgan fingerprint density at radius 3 is 2.24 bits per heavy atom. The van der Waals surface area contributed by atoms with Gasteiger partial charge < -0.3 is 4.57 Å². The summed E-state index contributed by atoms with van der Waals surface area (Å²) in [6.07, 6.45) is 1.01. The zero-order chi connectivity index (χ0) is 21.5. The molecule has 2 heteroatoms. The van der Waals surface area contributed by atoms with Gasteiger partial charge in [-0.25, -0.2) is 0 Å². The molecule has 5 aromatic carbocycles. The van der Waals surface area contributed by atoms with Gasteiger partial charge in [-0.3, -0.25) is 0 Å². The first-order chi connectivity index (χ1) is 16.4. The van der Waals surface area contributed by atoms with Crippen molar-refractivity contribution >= 4 is 44.9 Å². The standard InChI is InChI=1S/C31H20BN/c1-2-8-20(9-3-1)21-14-16-24-25-17-15-23-18-22-10-4-5-11-26(22)32-27-12-6-7-13-28(27)33(29(24)19-21)31(25)30(23)32/h1-17,19H,18H2. The van der Waals surface area contributed by atoms with Crippen LogP contribution < -0.4 is 16.4 Å². The van der Waals surface area contributed by atoms with Gasteiger partial charge in [0, 0.05) is 22.0 Å². The van der Waals surface area contributed by atoms with Gasteiger partial charge in [0.1, 0.15) is 0 Å². The van der Waals surface area contributed by atoms with Crippen molar-refractivity contribution in [3.05, 3.63) is 120 Å².